The molecule has 0 fully saturated rings. The van der Waals surface area contributed by atoms with E-state index < -0.39 is 39.4 Å². The van der Waals surface area contributed by atoms with Crippen molar-refractivity contribution in [3.05, 3.63) is 154 Å². The molecule has 0 radical (unpaired) electrons. The van der Waals surface area contributed by atoms with Crippen LogP contribution in [0, 0.1) is 0 Å². The summed E-state index contributed by atoms with van der Waals surface area (Å²) in [5, 5.41) is 2.99. The quantitative estimate of drug-likeness (QED) is 0.115. The molecule has 2 atom stereocenters. The van der Waals surface area contributed by atoms with E-state index in [9.17, 15) is 0 Å². The molecule has 2 nitrogen and oxygen atoms in total. The van der Waals surface area contributed by atoms with Gasteiger partial charge < -0.3 is 0 Å². The van der Waals surface area contributed by atoms with Crippen molar-refractivity contribution in [3.63, 3.8) is 0 Å². The summed E-state index contributed by atoms with van der Waals surface area (Å²) in [6.45, 7) is 19.0. The van der Waals surface area contributed by atoms with Crippen LogP contribution in [0.5, 0.6) is 0 Å². The molecule has 0 amide bonds. The zero-order valence-corrected chi connectivity index (χ0v) is 38.3. The normalized spacial score (nSPS) is 16.5. The third kappa shape index (κ3) is 7.57. The average molecular weight is 834 g/mol. The van der Waals surface area contributed by atoms with E-state index in [1.165, 1.54) is 66.0 Å². The van der Waals surface area contributed by atoms with Crippen molar-refractivity contribution in [2.75, 3.05) is 0 Å². The molecule has 278 valence electrons. The van der Waals surface area contributed by atoms with Gasteiger partial charge in [0.2, 0.25) is 0 Å². The van der Waals surface area contributed by atoms with Crippen LogP contribution >= 0.6 is 0 Å². The van der Waals surface area contributed by atoms with E-state index in [2.05, 4.69) is 174 Å². The van der Waals surface area contributed by atoms with Crippen LogP contribution in [0.2, 0.25) is 39.3 Å². The van der Waals surface area contributed by atoms with Gasteiger partial charge in [-0.25, -0.2) is 0 Å². The molecule has 6 aromatic rings. The predicted octanol–water partition coefficient (Wildman–Crippen LogP) is 13.2. The van der Waals surface area contributed by atoms with Crippen molar-refractivity contribution < 1.29 is 32.1 Å². The minimum absolute atomic E-state index is 0.324. The Hall–Kier alpha value is -3.76. The summed E-state index contributed by atoms with van der Waals surface area (Å²) in [5.41, 5.74) is 13.6. The molecule has 0 aliphatic heterocycles. The Morgan fingerprint density at radius 1 is 0.491 bits per heavy atom. The number of furan rings is 2. The summed E-state index contributed by atoms with van der Waals surface area (Å²) in [4.78, 5) is 0. The third-order valence-electron chi connectivity index (χ3n) is 11.5. The van der Waals surface area contributed by atoms with Crippen LogP contribution in [-0.4, -0.2) is 16.1 Å². The van der Waals surface area contributed by atoms with E-state index in [4.69, 9.17) is 8.83 Å². The fourth-order valence-electron chi connectivity index (χ4n) is 8.39. The van der Waals surface area contributed by atoms with Crippen molar-refractivity contribution in [2.45, 2.75) is 86.1 Å². The van der Waals surface area contributed by atoms with E-state index in [1.54, 1.807) is 0 Å². The maximum absolute atomic E-state index is 6.69. The maximum atomic E-state index is 6.69. The first-order valence-electron chi connectivity index (χ1n) is 20.3. The molecule has 2 aliphatic carbocycles. The summed E-state index contributed by atoms with van der Waals surface area (Å²) in [7, 11) is -2.80. The van der Waals surface area contributed by atoms with E-state index in [0.717, 1.165) is 48.7 Å². The van der Waals surface area contributed by atoms with E-state index >= 15 is 0 Å². The van der Waals surface area contributed by atoms with Crippen molar-refractivity contribution in [1.29, 1.82) is 0 Å². The molecular weight excluding hydrogens is 780 g/mol. The van der Waals surface area contributed by atoms with Gasteiger partial charge in [0.15, 0.2) is 0 Å². The van der Waals surface area contributed by atoms with E-state index in [-0.39, 0.29) is 0 Å². The Kier molecular flexibility index (Phi) is 10.6. The number of benzene rings is 4. The van der Waals surface area contributed by atoms with Crippen molar-refractivity contribution in [2.24, 2.45) is 0 Å². The zero-order chi connectivity index (χ0) is 38.5. The molecule has 0 N–H and O–H groups in total. The van der Waals surface area contributed by atoms with Crippen molar-refractivity contribution in [3.8, 4) is 22.3 Å². The van der Waals surface area contributed by atoms with Crippen LogP contribution in [-0.2, 0) is 36.1 Å². The summed E-state index contributed by atoms with van der Waals surface area (Å²) < 4.78 is 14.0. The summed E-state index contributed by atoms with van der Waals surface area (Å²) >= 11 is -1.34. The van der Waals surface area contributed by atoms with Crippen molar-refractivity contribution in [1.82, 2.24) is 0 Å². The van der Waals surface area contributed by atoms with Gasteiger partial charge in [-0.1, -0.05) is 0 Å². The van der Waals surface area contributed by atoms with E-state index in [1.807, 2.05) is 0 Å². The Balaban J connectivity index is 1.25. The van der Waals surface area contributed by atoms with Crippen LogP contribution in [0.15, 0.2) is 118 Å². The first-order valence-corrected chi connectivity index (χ1v) is 30.1. The molecule has 8 rings (SSSR count). The number of allylic oxidation sites excluding steroid dienone is 2. The monoisotopic (exact) mass is 832 g/mol. The van der Waals surface area contributed by atoms with Gasteiger partial charge in [-0.05, 0) is 0 Å². The molecule has 4 aromatic carbocycles. The number of fused-ring (bicyclic) bond motifs is 2. The SMILES string of the molecule is CCCc1ccc(C2=Cc3c(-c4ccc([Si](C)(C)C)cc4)cccc3[CH]2[Zr][CH]2C(c3ccc(CCC)o3)=Cc3c(-c4ccc([Si](C)(C)C)cc4)cccc32)o1. The summed E-state index contributed by atoms with van der Waals surface area (Å²) in [6.07, 6.45) is 9.04. The van der Waals surface area contributed by atoms with Gasteiger partial charge in [0.05, 0.1) is 0 Å². The second-order valence-electron chi connectivity index (χ2n) is 17.5. The van der Waals surface area contributed by atoms with Crippen LogP contribution in [0.4, 0.5) is 0 Å². The Morgan fingerprint density at radius 2 is 0.891 bits per heavy atom. The predicted molar refractivity (Wildman–Crippen MR) is 236 cm³/mol. The van der Waals surface area contributed by atoms with E-state index in [0.29, 0.717) is 7.25 Å². The Morgan fingerprint density at radius 3 is 1.25 bits per heavy atom. The molecule has 5 heteroatoms. The standard InChI is InChI=1S/2C25H27OSi.Zr/c2*1-5-7-21-12-15-25(26-21)20-16-19-8-6-9-23(24(19)17-20)18-10-13-22(14-11-18)27(2,3)4;/h2*6,8-17H,5,7H2,1-4H3;. The molecule has 2 heterocycles. The van der Waals surface area contributed by atoms with Crippen LogP contribution in [0.3, 0.4) is 0 Å². The minimum atomic E-state index is -1.40. The molecule has 2 aliphatic rings. The zero-order valence-electron chi connectivity index (χ0n) is 33.8. The fraction of sp³-hybridized carbons (Fsp3) is 0.280. The molecule has 0 spiro atoms. The van der Waals surface area contributed by atoms with Gasteiger partial charge in [0.1, 0.15) is 0 Å². The molecule has 0 bridgehead atoms. The molecule has 55 heavy (non-hydrogen) atoms. The van der Waals surface area contributed by atoms with Gasteiger partial charge in [-0.15, -0.1) is 0 Å². The third-order valence-corrected chi connectivity index (χ3v) is 20.3. The van der Waals surface area contributed by atoms with Gasteiger partial charge in [0, 0.05) is 0 Å². The van der Waals surface area contributed by atoms with Gasteiger partial charge in [-0.2, -0.15) is 0 Å². The molecule has 0 saturated heterocycles. The number of rotatable bonds is 12. The van der Waals surface area contributed by atoms with Crippen LogP contribution < -0.4 is 10.4 Å². The van der Waals surface area contributed by atoms with Crippen molar-refractivity contribution >= 4 is 49.8 Å². The molecule has 2 unspecified atom stereocenters. The number of hydrogen-bond acceptors (Lipinski definition) is 2. The summed E-state index contributed by atoms with van der Waals surface area (Å²) in [6, 6.07) is 41.8. The molecule has 2 aromatic heterocycles. The second kappa shape index (κ2) is 15.3. The van der Waals surface area contributed by atoms with Gasteiger partial charge in [-0.3, -0.25) is 0 Å². The van der Waals surface area contributed by atoms with Crippen LogP contribution in [0.25, 0.3) is 45.6 Å². The van der Waals surface area contributed by atoms with Gasteiger partial charge in [0.25, 0.3) is 0 Å². The first-order chi connectivity index (χ1) is 26.4. The topological polar surface area (TPSA) is 26.3 Å². The fourth-order valence-corrected chi connectivity index (χ4v) is 15.7. The second-order valence-corrected chi connectivity index (χ2v) is 31.3. The molecule has 0 saturated carbocycles. The average Bonchev–Trinajstić information content (AvgIpc) is 3.97. The number of hydrogen-bond donors (Lipinski definition) is 0. The Labute approximate surface area is 342 Å². The van der Waals surface area contributed by atoms with Crippen LogP contribution in [0.1, 0.15) is 79.2 Å². The number of aryl methyl sites for hydroxylation is 2. The molecular formula is C50H54O2Si2Zr. The summed E-state index contributed by atoms with van der Waals surface area (Å²) in [5.74, 6) is 4.23. The Bertz CT molecular complexity index is 2220. The van der Waals surface area contributed by atoms with Gasteiger partial charge >= 0.3 is 345 Å². The first kappa shape index (κ1) is 38.1.